The van der Waals surface area contributed by atoms with E-state index in [1.807, 2.05) is 13.0 Å². The van der Waals surface area contributed by atoms with E-state index in [2.05, 4.69) is 16.0 Å². The van der Waals surface area contributed by atoms with Crippen LogP contribution in [0.2, 0.25) is 0 Å². The summed E-state index contributed by atoms with van der Waals surface area (Å²) in [6.45, 7) is 3.71. The summed E-state index contributed by atoms with van der Waals surface area (Å²) < 4.78 is 0. The SMILES string of the molecule is CC(=O)NCCNC(=O)NC(C(=O)O)c1cccc(C)c1. The molecular weight excluding hydrogens is 274 g/mol. The van der Waals surface area contributed by atoms with E-state index in [9.17, 15) is 19.5 Å². The van der Waals surface area contributed by atoms with Crippen molar-refractivity contribution >= 4 is 17.9 Å². The number of nitrogens with one attached hydrogen (secondary N) is 3. The number of hydrogen-bond acceptors (Lipinski definition) is 3. The minimum Gasteiger partial charge on any atom is -0.479 e. The zero-order chi connectivity index (χ0) is 15.8. The number of hydrogen-bond donors (Lipinski definition) is 4. The fraction of sp³-hybridized carbons (Fsp3) is 0.357. The van der Waals surface area contributed by atoms with Gasteiger partial charge in [-0.2, -0.15) is 0 Å². The van der Waals surface area contributed by atoms with Crippen LogP contribution in [0.3, 0.4) is 0 Å². The van der Waals surface area contributed by atoms with E-state index in [1.165, 1.54) is 6.92 Å². The summed E-state index contributed by atoms with van der Waals surface area (Å²) in [7, 11) is 0. The molecule has 114 valence electrons. The van der Waals surface area contributed by atoms with Crippen LogP contribution in [0, 0.1) is 6.92 Å². The van der Waals surface area contributed by atoms with E-state index >= 15 is 0 Å². The van der Waals surface area contributed by atoms with Crippen molar-refractivity contribution in [3.05, 3.63) is 35.4 Å². The lowest BCUT2D eigenvalue weighted by Crippen LogP contribution is -2.43. The van der Waals surface area contributed by atoms with E-state index in [-0.39, 0.29) is 19.0 Å². The average Bonchev–Trinajstić information content (AvgIpc) is 2.40. The summed E-state index contributed by atoms with van der Waals surface area (Å²) in [4.78, 5) is 33.6. The third kappa shape index (κ3) is 5.94. The third-order valence-corrected chi connectivity index (χ3v) is 2.68. The van der Waals surface area contributed by atoms with Crippen molar-refractivity contribution < 1.29 is 19.5 Å². The molecule has 4 N–H and O–H groups in total. The molecule has 0 aliphatic rings. The van der Waals surface area contributed by atoms with Crippen LogP contribution >= 0.6 is 0 Å². The third-order valence-electron chi connectivity index (χ3n) is 2.68. The number of urea groups is 1. The summed E-state index contributed by atoms with van der Waals surface area (Å²) in [6.07, 6.45) is 0. The van der Waals surface area contributed by atoms with Gasteiger partial charge >= 0.3 is 12.0 Å². The molecule has 3 amide bonds. The van der Waals surface area contributed by atoms with Gasteiger partial charge < -0.3 is 21.1 Å². The van der Waals surface area contributed by atoms with Crippen molar-refractivity contribution in [2.24, 2.45) is 0 Å². The normalized spacial score (nSPS) is 11.3. The fourth-order valence-corrected chi connectivity index (χ4v) is 1.73. The second kappa shape index (κ2) is 7.88. The van der Waals surface area contributed by atoms with Crippen LogP contribution in [-0.4, -0.2) is 36.1 Å². The van der Waals surface area contributed by atoms with Crippen LogP contribution in [0.5, 0.6) is 0 Å². The van der Waals surface area contributed by atoms with Crippen LogP contribution in [0.1, 0.15) is 24.1 Å². The Morgan fingerprint density at radius 3 is 2.43 bits per heavy atom. The van der Waals surface area contributed by atoms with Gasteiger partial charge in [0.05, 0.1) is 0 Å². The Kier molecular flexibility index (Phi) is 6.19. The molecule has 0 fully saturated rings. The number of carboxylic acids is 1. The van der Waals surface area contributed by atoms with Gasteiger partial charge in [0.15, 0.2) is 6.04 Å². The predicted molar refractivity (Wildman–Crippen MR) is 76.8 cm³/mol. The quantitative estimate of drug-likeness (QED) is 0.575. The molecule has 1 aromatic rings. The van der Waals surface area contributed by atoms with Crippen molar-refractivity contribution in [1.29, 1.82) is 0 Å². The van der Waals surface area contributed by atoms with Gasteiger partial charge in [0.1, 0.15) is 0 Å². The molecule has 0 aromatic heterocycles. The van der Waals surface area contributed by atoms with E-state index in [0.717, 1.165) is 5.56 Å². The Hall–Kier alpha value is -2.57. The first-order valence-corrected chi connectivity index (χ1v) is 6.48. The van der Waals surface area contributed by atoms with Crippen molar-refractivity contribution in [3.63, 3.8) is 0 Å². The van der Waals surface area contributed by atoms with Gasteiger partial charge in [0.25, 0.3) is 0 Å². The van der Waals surface area contributed by atoms with Crippen LogP contribution < -0.4 is 16.0 Å². The maximum absolute atomic E-state index is 11.7. The average molecular weight is 293 g/mol. The topological polar surface area (TPSA) is 108 Å². The Balaban J connectivity index is 2.57. The number of carbonyl (C=O) groups is 3. The van der Waals surface area contributed by atoms with Gasteiger partial charge in [-0.1, -0.05) is 29.8 Å². The standard InChI is InChI=1S/C14H19N3O4/c1-9-4-3-5-11(8-9)12(13(19)20)17-14(21)16-7-6-15-10(2)18/h3-5,8,12H,6-7H2,1-2H3,(H,15,18)(H,19,20)(H2,16,17,21). The van der Waals surface area contributed by atoms with Crippen LogP contribution in [0.4, 0.5) is 4.79 Å². The minimum atomic E-state index is -1.14. The number of rotatable bonds is 6. The monoisotopic (exact) mass is 293 g/mol. The Morgan fingerprint density at radius 2 is 1.86 bits per heavy atom. The number of carbonyl (C=O) groups excluding carboxylic acids is 2. The number of benzene rings is 1. The van der Waals surface area contributed by atoms with Gasteiger partial charge in [-0.25, -0.2) is 9.59 Å². The summed E-state index contributed by atoms with van der Waals surface area (Å²) in [6, 6.07) is 5.20. The van der Waals surface area contributed by atoms with E-state index in [4.69, 9.17) is 0 Å². The van der Waals surface area contributed by atoms with Crippen LogP contribution in [0.15, 0.2) is 24.3 Å². The molecular formula is C14H19N3O4. The van der Waals surface area contributed by atoms with Crippen molar-refractivity contribution in [3.8, 4) is 0 Å². The number of amides is 3. The summed E-state index contributed by atoms with van der Waals surface area (Å²) in [5, 5.41) is 16.6. The van der Waals surface area contributed by atoms with E-state index in [1.54, 1.807) is 18.2 Å². The highest BCUT2D eigenvalue weighted by molar-refractivity contribution is 5.83. The number of aliphatic carboxylic acids is 1. The molecule has 1 aromatic carbocycles. The van der Waals surface area contributed by atoms with Crippen LogP contribution in [0.25, 0.3) is 0 Å². The molecule has 7 nitrogen and oxygen atoms in total. The number of aryl methyl sites for hydroxylation is 1. The second-order valence-electron chi connectivity index (χ2n) is 4.57. The first-order chi connectivity index (χ1) is 9.90. The molecule has 0 saturated carbocycles. The van der Waals surface area contributed by atoms with Crippen molar-refractivity contribution in [2.75, 3.05) is 13.1 Å². The number of carboxylic acid groups (broad SMARTS) is 1. The molecule has 1 unspecified atom stereocenters. The Labute approximate surface area is 122 Å². The van der Waals surface area contributed by atoms with Gasteiger partial charge in [-0.05, 0) is 12.5 Å². The molecule has 0 spiro atoms. The minimum absolute atomic E-state index is 0.194. The molecule has 1 atom stereocenters. The van der Waals surface area contributed by atoms with Gasteiger partial charge in [0, 0.05) is 20.0 Å². The Morgan fingerprint density at radius 1 is 1.19 bits per heavy atom. The fourth-order valence-electron chi connectivity index (χ4n) is 1.73. The Bertz CT molecular complexity index is 531. The summed E-state index contributed by atoms with van der Waals surface area (Å²) >= 11 is 0. The summed E-state index contributed by atoms with van der Waals surface area (Å²) in [5.41, 5.74) is 1.41. The highest BCUT2D eigenvalue weighted by Crippen LogP contribution is 2.14. The molecule has 21 heavy (non-hydrogen) atoms. The van der Waals surface area contributed by atoms with Crippen molar-refractivity contribution in [2.45, 2.75) is 19.9 Å². The van der Waals surface area contributed by atoms with E-state index < -0.39 is 18.0 Å². The molecule has 0 saturated heterocycles. The van der Waals surface area contributed by atoms with Crippen molar-refractivity contribution in [1.82, 2.24) is 16.0 Å². The largest absolute Gasteiger partial charge is 0.479 e. The molecule has 7 heteroatoms. The lowest BCUT2D eigenvalue weighted by atomic mass is 10.0. The van der Waals surface area contributed by atoms with Crippen LogP contribution in [-0.2, 0) is 9.59 Å². The zero-order valence-electron chi connectivity index (χ0n) is 12.0. The maximum atomic E-state index is 11.7. The smallest absolute Gasteiger partial charge is 0.330 e. The first-order valence-electron chi connectivity index (χ1n) is 6.48. The second-order valence-corrected chi connectivity index (χ2v) is 4.57. The molecule has 0 heterocycles. The van der Waals surface area contributed by atoms with E-state index in [0.29, 0.717) is 5.56 Å². The molecule has 0 aliphatic carbocycles. The molecule has 1 rings (SSSR count). The highest BCUT2D eigenvalue weighted by atomic mass is 16.4. The molecule has 0 bridgehead atoms. The molecule has 0 aliphatic heterocycles. The molecule has 0 radical (unpaired) electrons. The maximum Gasteiger partial charge on any atom is 0.330 e. The highest BCUT2D eigenvalue weighted by Gasteiger charge is 2.21. The van der Waals surface area contributed by atoms with Gasteiger partial charge in [-0.3, -0.25) is 4.79 Å². The first kappa shape index (κ1) is 16.5. The zero-order valence-corrected chi connectivity index (χ0v) is 12.0. The predicted octanol–water partition coefficient (Wildman–Crippen LogP) is 0.556. The van der Waals surface area contributed by atoms with Gasteiger partial charge in [-0.15, -0.1) is 0 Å². The lowest BCUT2D eigenvalue weighted by molar-refractivity contribution is -0.139. The lowest BCUT2D eigenvalue weighted by Gasteiger charge is -2.16. The van der Waals surface area contributed by atoms with Gasteiger partial charge in [0.2, 0.25) is 5.91 Å². The summed E-state index contributed by atoms with van der Waals surface area (Å²) in [5.74, 6) is -1.34.